The van der Waals surface area contributed by atoms with E-state index in [4.69, 9.17) is 14.2 Å². The molecule has 0 radical (unpaired) electrons. The molecule has 212 valence electrons. The van der Waals surface area contributed by atoms with Gasteiger partial charge in [0.25, 0.3) is 0 Å². The molecule has 0 saturated heterocycles. The van der Waals surface area contributed by atoms with Crippen LogP contribution in [-0.4, -0.2) is 54.9 Å². The maximum atomic E-state index is 12.6. The number of pyridine rings is 1. The summed E-state index contributed by atoms with van der Waals surface area (Å²) in [5.74, 6) is 0.257. The molecule has 1 saturated carbocycles. The van der Waals surface area contributed by atoms with Crippen molar-refractivity contribution in [2.24, 2.45) is 5.92 Å². The van der Waals surface area contributed by atoms with Gasteiger partial charge in [-0.3, -0.25) is 9.78 Å². The Labute approximate surface area is 234 Å². The fourth-order valence-corrected chi connectivity index (χ4v) is 4.82. The third kappa shape index (κ3) is 7.71. The van der Waals surface area contributed by atoms with Crippen LogP contribution in [0.25, 0.3) is 22.0 Å². The Kier molecular flexibility index (Phi) is 9.24. The Morgan fingerprint density at radius 2 is 1.65 bits per heavy atom. The van der Waals surface area contributed by atoms with E-state index in [-0.39, 0.29) is 17.9 Å². The van der Waals surface area contributed by atoms with Gasteiger partial charge in [0, 0.05) is 23.5 Å². The van der Waals surface area contributed by atoms with E-state index in [1.807, 2.05) is 63.2 Å². The van der Waals surface area contributed by atoms with Crippen molar-refractivity contribution in [2.75, 3.05) is 20.3 Å². The minimum absolute atomic E-state index is 0.0202. The topological polar surface area (TPSA) is 116 Å². The van der Waals surface area contributed by atoms with E-state index in [0.29, 0.717) is 24.5 Å². The highest BCUT2D eigenvalue weighted by Gasteiger charge is 2.28. The van der Waals surface area contributed by atoms with Gasteiger partial charge >= 0.3 is 12.1 Å². The third-order valence-electron chi connectivity index (χ3n) is 6.82. The van der Waals surface area contributed by atoms with E-state index in [9.17, 15) is 14.4 Å². The molecule has 3 aromatic rings. The van der Waals surface area contributed by atoms with E-state index in [2.05, 4.69) is 15.6 Å². The van der Waals surface area contributed by atoms with Crippen LogP contribution in [0, 0.1) is 5.92 Å². The monoisotopic (exact) mass is 547 g/mol. The Bertz CT molecular complexity index is 1340. The summed E-state index contributed by atoms with van der Waals surface area (Å²) in [6.07, 6.45) is 4.13. The van der Waals surface area contributed by atoms with E-state index in [1.54, 1.807) is 12.3 Å². The molecule has 2 N–H and O–H groups in total. The van der Waals surface area contributed by atoms with E-state index >= 15 is 0 Å². The zero-order chi connectivity index (χ0) is 28.7. The van der Waals surface area contributed by atoms with Crippen LogP contribution in [0.3, 0.4) is 0 Å². The largest absolute Gasteiger partial charge is 0.492 e. The van der Waals surface area contributed by atoms with Crippen LogP contribution >= 0.6 is 0 Å². The van der Waals surface area contributed by atoms with E-state index in [0.717, 1.165) is 47.7 Å². The lowest BCUT2D eigenvalue weighted by atomic mass is 9.85. The lowest BCUT2D eigenvalue weighted by Gasteiger charge is -2.29. The molecule has 40 heavy (non-hydrogen) atoms. The highest BCUT2D eigenvalue weighted by molar-refractivity contribution is 6.04. The minimum Gasteiger partial charge on any atom is -0.492 e. The van der Waals surface area contributed by atoms with Crippen molar-refractivity contribution >= 4 is 28.9 Å². The average molecular weight is 548 g/mol. The van der Waals surface area contributed by atoms with Crippen LogP contribution in [0.2, 0.25) is 0 Å². The summed E-state index contributed by atoms with van der Waals surface area (Å²) in [6, 6.07) is 15.1. The number of ether oxygens (including phenoxy) is 3. The van der Waals surface area contributed by atoms with Crippen molar-refractivity contribution in [1.29, 1.82) is 0 Å². The first kappa shape index (κ1) is 28.9. The van der Waals surface area contributed by atoms with Crippen LogP contribution in [0.15, 0.2) is 54.7 Å². The summed E-state index contributed by atoms with van der Waals surface area (Å²) in [5, 5.41) is 6.60. The van der Waals surface area contributed by atoms with Crippen molar-refractivity contribution < 1.29 is 28.6 Å². The summed E-state index contributed by atoms with van der Waals surface area (Å²) in [5.41, 5.74) is 2.58. The number of benzene rings is 2. The summed E-state index contributed by atoms with van der Waals surface area (Å²) < 4.78 is 16.0. The van der Waals surface area contributed by atoms with Gasteiger partial charge in [0.1, 0.15) is 18.0 Å². The molecule has 1 aliphatic carbocycles. The number of aromatic nitrogens is 1. The van der Waals surface area contributed by atoms with Crippen LogP contribution in [0.5, 0.6) is 5.75 Å². The molecule has 1 fully saturated rings. The second kappa shape index (κ2) is 12.8. The standard InChI is InChI=1S/C31H37N3O6/c1-31(2,3)40-30(37)34-23-10-5-21(6-11-23)28(35)33-17-18-39-24-12-7-20(8-13-24)22-9-14-27-26(19-22)25(15-16-32-27)29(36)38-4/h7-9,12-16,19,21,23H,5-6,10-11,17-18H2,1-4H3,(H,33,35)(H,34,37). The summed E-state index contributed by atoms with van der Waals surface area (Å²) >= 11 is 0. The Hall–Kier alpha value is -4.14. The van der Waals surface area contributed by atoms with Crippen LogP contribution < -0.4 is 15.4 Å². The molecule has 2 aromatic carbocycles. The molecule has 1 heterocycles. The lowest BCUT2D eigenvalue weighted by Crippen LogP contribution is -2.43. The van der Waals surface area contributed by atoms with Gasteiger partial charge in [-0.05, 0) is 87.9 Å². The minimum atomic E-state index is -0.530. The SMILES string of the molecule is COC(=O)c1ccnc2ccc(-c3ccc(OCCNC(=O)C4CCC(NC(=O)OC(C)(C)C)CC4)cc3)cc12. The van der Waals surface area contributed by atoms with Crippen LogP contribution in [0.4, 0.5) is 4.79 Å². The van der Waals surface area contributed by atoms with Gasteiger partial charge < -0.3 is 24.8 Å². The zero-order valence-corrected chi connectivity index (χ0v) is 23.5. The number of fused-ring (bicyclic) bond motifs is 1. The number of amides is 2. The molecule has 2 amide bonds. The molecule has 0 spiro atoms. The highest BCUT2D eigenvalue weighted by Crippen LogP contribution is 2.28. The summed E-state index contributed by atoms with van der Waals surface area (Å²) in [7, 11) is 1.36. The number of alkyl carbamates (subject to hydrolysis) is 1. The van der Waals surface area contributed by atoms with Gasteiger partial charge in [-0.15, -0.1) is 0 Å². The maximum absolute atomic E-state index is 12.6. The van der Waals surface area contributed by atoms with Gasteiger partial charge in [-0.25, -0.2) is 9.59 Å². The Morgan fingerprint density at radius 1 is 0.950 bits per heavy atom. The summed E-state index contributed by atoms with van der Waals surface area (Å²) in [6.45, 7) is 6.26. The molecular weight excluding hydrogens is 510 g/mol. The smallest absolute Gasteiger partial charge is 0.407 e. The number of hydrogen-bond acceptors (Lipinski definition) is 7. The van der Waals surface area contributed by atoms with E-state index < -0.39 is 17.7 Å². The second-order valence-corrected chi connectivity index (χ2v) is 10.9. The van der Waals surface area contributed by atoms with Crippen molar-refractivity contribution in [3.05, 3.63) is 60.3 Å². The van der Waals surface area contributed by atoms with Gasteiger partial charge in [0.05, 0.1) is 24.7 Å². The quantitative estimate of drug-likeness (QED) is 0.292. The maximum Gasteiger partial charge on any atom is 0.407 e. The highest BCUT2D eigenvalue weighted by atomic mass is 16.6. The fraction of sp³-hybridized carbons (Fsp3) is 0.419. The number of nitrogens with one attached hydrogen (secondary N) is 2. The number of carbonyl (C=O) groups excluding carboxylic acids is 3. The van der Waals surface area contributed by atoms with Gasteiger partial charge in [-0.1, -0.05) is 18.2 Å². The van der Waals surface area contributed by atoms with Crippen LogP contribution in [-0.2, 0) is 14.3 Å². The normalized spacial score (nSPS) is 17.1. The molecule has 1 aromatic heterocycles. The third-order valence-corrected chi connectivity index (χ3v) is 6.82. The molecule has 0 aliphatic heterocycles. The van der Waals surface area contributed by atoms with E-state index in [1.165, 1.54) is 7.11 Å². The molecule has 0 atom stereocenters. The fourth-order valence-electron chi connectivity index (χ4n) is 4.82. The molecule has 4 rings (SSSR count). The number of methoxy groups -OCH3 is 1. The van der Waals surface area contributed by atoms with Crippen molar-refractivity contribution in [3.63, 3.8) is 0 Å². The molecule has 9 nitrogen and oxygen atoms in total. The van der Waals surface area contributed by atoms with Gasteiger partial charge in [0.15, 0.2) is 0 Å². The second-order valence-electron chi connectivity index (χ2n) is 10.9. The number of nitrogens with zero attached hydrogens (tertiary/aromatic N) is 1. The first-order valence-electron chi connectivity index (χ1n) is 13.6. The number of carbonyl (C=O) groups is 3. The van der Waals surface area contributed by atoms with Gasteiger partial charge in [0.2, 0.25) is 5.91 Å². The predicted octanol–water partition coefficient (Wildman–Crippen LogP) is 5.27. The average Bonchev–Trinajstić information content (AvgIpc) is 2.94. The number of rotatable bonds is 8. The lowest BCUT2D eigenvalue weighted by molar-refractivity contribution is -0.126. The molecular formula is C31H37N3O6. The first-order valence-corrected chi connectivity index (χ1v) is 13.6. The van der Waals surface area contributed by atoms with Crippen molar-refractivity contribution in [1.82, 2.24) is 15.6 Å². The number of hydrogen-bond donors (Lipinski definition) is 2. The molecule has 1 aliphatic rings. The Morgan fingerprint density at radius 3 is 2.33 bits per heavy atom. The molecule has 0 unspecified atom stereocenters. The molecule has 0 bridgehead atoms. The van der Waals surface area contributed by atoms with Crippen LogP contribution in [0.1, 0.15) is 56.8 Å². The van der Waals surface area contributed by atoms with Crippen molar-refractivity contribution in [2.45, 2.75) is 58.1 Å². The van der Waals surface area contributed by atoms with Gasteiger partial charge in [-0.2, -0.15) is 0 Å². The molecule has 9 heteroatoms. The Balaban J connectivity index is 1.22. The predicted molar refractivity (Wildman–Crippen MR) is 152 cm³/mol. The zero-order valence-electron chi connectivity index (χ0n) is 23.5. The number of esters is 1. The van der Waals surface area contributed by atoms with Crippen molar-refractivity contribution in [3.8, 4) is 16.9 Å². The summed E-state index contributed by atoms with van der Waals surface area (Å²) in [4.78, 5) is 41.1. The first-order chi connectivity index (χ1) is 19.1.